The zero-order chi connectivity index (χ0) is 16.5. The normalized spacial score (nSPS) is 11.0. The van der Waals surface area contributed by atoms with E-state index in [2.05, 4.69) is 39.5 Å². The van der Waals surface area contributed by atoms with Crippen molar-refractivity contribution in [2.24, 2.45) is 5.92 Å². The predicted octanol–water partition coefficient (Wildman–Crippen LogP) is 4.90. The number of unbranched alkanes of at least 4 members (excludes halogenated alkanes) is 1. The van der Waals surface area contributed by atoms with Crippen LogP contribution in [-0.4, -0.2) is 25.2 Å². The maximum Gasteiger partial charge on any atom is 0.338 e. The van der Waals surface area contributed by atoms with Gasteiger partial charge in [0.2, 0.25) is 0 Å². The Hall–Kier alpha value is -1.51. The van der Waals surface area contributed by atoms with Gasteiger partial charge in [0, 0.05) is 18.3 Å². The van der Waals surface area contributed by atoms with Gasteiger partial charge in [0.15, 0.2) is 0 Å². The molecule has 0 aliphatic carbocycles. The topological polar surface area (TPSA) is 29.5 Å². The molecule has 0 aliphatic heterocycles. The van der Waals surface area contributed by atoms with E-state index in [1.807, 2.05) is 24.3 Å². The Kier molecular flexibility index (Phi) is 8.00. The lowest BCUT2D eigenvalue weighted by Gasteiger charge is -2.29. The number of carbonyl (C=O) groups is 1. The largest absolute Gasteiger partial charge is 0.462 e. The molecule has 0 N–H and O–H groups in total. The molecule has 0 saturated heterocycles. The van der Waals surface area contributed by atoms with E-state index in [9.17, 15) is 4.79 Å². The minimum absolute atomic E-state index is 0.225. The molecule has 0 aromatic heterocycles. The molecule has 124 valence electrons. The maximum absolute atomic E-state index is 12.0. The second kappa shape index (κ2) is 9.50. The first-order valence-electron chi connectivity index (χ1n) is 8.49. The van der Waals surface area contributed by atoms with E-state index in [0.717, 1.165) is 13.0 Å². The molecule has 22 heavy (non-hydrogen) atoms. The maximum atomic E-state index is 12.0. The molecule has 0 aliphatic rings. The number of benzene rings is 1. The summed E-state index contributed by atoms with van der Waals surface area (Å²) in [5, 5.41) is 0. The van der Waals surface area contributed by atoms with Gasteiger partial charge in [-0.2, -0.15) is 0 Å². The number of ether oxygens (including phenoxy) is 1. The summed E-state index contributed by atoms with van der Waals surface area (Å²) in [6, 6.07) is 8.24. The summed E-state index contributed by atoms with van der Waals surface area (Å²) >= 11 is 0. The summed E-state index contributed by atoms with van der Waals surface area (Å²) in [6.45, 7) is 12.4. The number of carbonyl (C=O) groups excluding carboxylic acids is 1. The summed E-state index contributed by atoms with van der Waals surface area (Å²) in [7, 11) is 0. The highest BCUT2D eigenvalue weighted by atomic mass is 16.5. The Morgan fingerprint density at radius 2 is 1.77 bits per heavy atom. The lowest BCUT2D eigenvalue weighted by atomic mass is 10.1. The average Bonchev–Trinajstić information content (AvgIpc) is 2.47. The molecular weight excluding hydrogens is 274 g/mol. The van der Waals surface area contributed by atoms with Crippen LogP contribution in [-0.2, 0) is 4.74 Å². The van der Waals surface area contributed by atoms with E-state index in [4.69, 9.17) is 4.74 Å². The van der Waals surface area contributed by atoms with E-state index in [-0.39, 0.29) is 5.97 Å². The highest BCUT2D eigenvalue weighted by Crippen LogP contribution is 2.19. The smallest absolute Gasteiger partial charge is 0.338 e. The Bertz CT molecular complexity index is 437. The van der Waals surface area contributed by atoms with Crippen molar-refractivity contribution < 1.29 is 9.53 Å². The minimum atomic E-state index is -0.225. The van der Waals surface area contributed by atoms with E-state index in [0.29, 0.717) is 24.1 Å². The number of anilines is 1. The van der Waals surface area contributed by atoms with Gasteiger partial charge in [-0.1, -0.05) is 27.2 Å². The SMILES string of the molecule is CCCCN(c1ccc(C(=O)OCCC(C)C)cc1)C(C)C. The van der Waals surface area contributed by atoms with Crippen molar-refractivity contribution in [1.82, 2.24) is 0 Å². The third-order valence-corrected chi connectivity index (χ3v) is 3.74. The highest BCUT2D eigenvalue weighted by Gasteiger charge is 2.12. The number of nitrogens with zero attached hydrogens (tertiary/aromatic N) is 1. The number of hydrogen-bond donors (Lipinski definition) is 0. The van der Waals surface area contributed by atoms with Crippen molar-refractivity contribution >= 4 is 11.7 Å². The van der Waals surface area contributed by atoms with Gasteiger partial charge >= 0.3 is 5.97 Å². The molecule has 0 saturated carbocycles. The second-order valence-electron chi connectivity index (χ2n) is 6.51. The molecule has 3 heteroatoms. The minimum Gasteiger partial charge on any atom is -0.462 e. The summed E-state index contributed by atoms with van der Waals surface area (Å²) in [4.78, 5) is 14.3. The van der Waals surface area contributed by atoms with E-state index in [1.165, 1.54) is 18.5 Å². The molecule has 0 radical (unpaired) electrons. The molecular formula is C19H31NO2. The molecule has 0 atom stereocenters. The lowest BCUT2D eigenvalue weighted by Crippen LogP contribution is -2.31. The Labute approximate surface area is 135 Å². The van der Waals surface area contributed by atoms with Gasteiger partial charge in [-0.05, 0) is 56.9 Å². The van der Waals surface area contributed by atoms with Gasteiger partial charge < -0.3 is 9.64 Å². The van der Waals surface area contributed by atoms with Gasteiger partial charge in [0.25, 0.3) is 0 Å². The standard InChI is InChI=1S/C19H31NO2/c1-6-7-13-20(16(4)5)18-10-8-17(9-11-18)19(21)22-14-12-15(2)3/h8-11,15-16H,6-7,12-14H2,1-5H3. The van der Waals surface area contributed by atoms with Gasteiger partial charge in [-0.15, -0.1) is 0 Å². The van der Waals surface area contributed by atoms with Crippen molar-refractivity contribution in [2.45, 2.75) is 59.9 Å². The fourth-order valence-electron chi connectivity index (χ4n) is 2.27. The van der Waals surface area contributed by atoms with E-state index in [1.54, 1.807) is 0 Å². The first kappa shape index (κ1) is 18.5. The van der Waals surface area contributed by atoms with Crippen LogP contribution in [0.2, 0.25) is 0 Å². The first-order chi connectivity index (χ1) is 10.5. The monoisotopic (exact) mass is 305 g/mol. The molecule has 0 amide bonds. The number of esters is 1. The van der Waals surface area contributed by atoms with Gasteiger partial charge in [0.05, 0.1) is 12.2 Å². The van der Waals surface area contributed by atoms with Crippen LogP contribution in [0.4, 0.5) is 5.69 Å². The zero-order valence-corrected chi connectivity index (χ0v) is 14.8. The molecule has 3 nitrogen and oxygen atoms in total. The molecule has 0 bridgehead atoms. The van der Waals surface area contributed by atoms with Gasteiger partial charge in [-0.3, -0.25) is 0 Å². The second-order valence-corrected chi connectivity index (χ2v) is 6.51. The van der Waals surface area contributed by atoms with Crippen LogP contribution in [0.5, 0.6) is 0 Å². The molecule has 0 spiro atoms. The van der Waals surface area contributed by atoms with E-state index >= 15 is 0 Å². The van der Waals surface area contributed by atoms with E-state index < -0.39 is 0 Å². The van der Waals surface area contributed by atoms with Gasteiger partial charge in [0.1, 0.15) is 0 Å². The first-order valence-corrected chi connectivity index (χ1v) is 8.49. The molecule has 0 fully saturated rings. The summed E-state index contributed by atoms with van der Waals surface area (Å²) in [5.74, 6) is 0.324. The number of rotatable bonds is 9. The molecule has 1 rings (SSSR count). The van der Waals surface area contributed by atoms with Crippen LogP contribution in [0, 0.1) is 5.92 Å². The third kappa shape index (κ3) is 6.08. The van der Waals surface area contributed by atoms with Crippen LogP contribution in [0.1, 0.15) is 64.2 Å². The quantitative estimate of drug-likeness (QED) is 0.607. The van der Waals surface area contributed by atoms with Crippen LogP contribution in [0.25, 0.3) is 0 Å². The van der Waals surface area contributed by atoms with Gasteiger partial charge in [-0.25, -0.2) is 4.79 Å². The van der Waals surface area contributed by atoms with Crippen molar-refractivity contribution in [1.29, 1.82) is 0 Å². The van der Waals surface area contributed by atoms with Crippen molar-refractivity contribution in [3.63, 3.8) is 0 Å². The predicted molar refractivity (Wildman–Crippen MR) is 93.6 cm³/mol. The average molecular weight is 305 g/mol. The molecule has 1 aromatic carbocycles. The summed E-state index contributed by atoms with van der Waals surface area (Å²) < 4.78 is 5.30. The van der Waals surface area contributed by atoms with Crippen LogP contribution in [0.15, 0.2) is 24.3 Å². The summed E-state index contributed by atoms with van der Waals surface area (Å²) in [6.07, 6.45) is 3.27. The van der Waals surface area contributed by atoms with Crippen LogP contribution < -0.4 is 4.90 Å². The molecule has 1 aromatic rings. The molecule has 0 heterocycles. The highest BCUT2D eigenvalue weighted by molar-refractivity contribution is 5.89. The Morgan fingerprint density at radius 1 is 1.14 bits per heavy atom. The zero-order valence-electron chi connectivity index (χ0n) is 14.8. The van der Waals surface area contributed by atoms with Crippen LogP contribution in [0.3, 0.4) is 0 Å². The lowest BCUT2D eigenvalue weighted by molar-refractivity contribution is 0.0488. The Morgan fingerprint density at radius 3 is 2.27 bits per heavy atom. The third-order valence-electron chi connectivity index (χ3n) is 3.74. The summed E-state index contributed by atoms with van der Waals surface area (Å²) in [5.41, 5.74) is 1.80. The van der Waals surface area contributed by atoms with Crippen LogP contribution >= 0.6 is 0 Å². The fraction of sp³-hybridized carbons (Fsp3) is 0.632. The Balaban J connectivity index is 2.65. The molecule has 0 unspecified atom stereocenters. The fourth-order valence-corrected chi connectivity index (χ4v) is 2.27. The number of hydrogen-bond acceptors (Lipinski definition) is 3. The van der Waals surface area contributed by atoms with Crippen molar-refractivity contribution in [3.05, 3.63) is 29.8 Å². The van der Waals surface area contributed by atoms with Crippen molar-refractivity contribution in [2.75, 3.05) is 18.1 Å². The van der Waals surface area contributed by atoms with Crippen molar-refractivity contribution in [3.8, 4) is 0 Å².